The summed E-state index contributed by atoms with van der Waals surface area (Å²) < 4.78 is 5.60. The highest BCUT2D eigenvalue weighted by Crippen LogP contribution is 2.30. The summed E-state index contributed by atoms with van der Waals surface area (Å²) in [4.78, 5) is 26.4. The maximum Gasteiger partial charge on any atom is 0.325 e. The maximum absolute atomic E-state index is 12.9. The quantitative estimate of drug-likeness (QED) is 0.699. The lowest BCUT2D eigenvalue weighted by atomic mass is 9.92. The molecule has 1 aliphatic heterocycles. The number of benzene rings is 2. The molecule has 1 aliphatic rings. The Hall–Kier alpha value is -3.19. The topological polar surface area (TPSA) is 88.3 Å². The van der Waals surface area contributed by atoms with E-state index in [4.69, 9.17) is 16.0 Å². The average molecular weight is 383 g/mol. The first-order chi connectivity index (χ1) is 13.0. The van der Waals surface area contributed by atoms with E-state index in [1.165, 1.54) is 0 Å². The number of imide groups is 1. The molecule has 3 amide bonds. The number of carbonyl (C=O) groups excluding carboxylic acids is 2. The summed E-state index contributed by atoms with van der Waals surface area (Å²) in [5.74, 6) is 0.0531. The SMILES string of the molecule is CC1(c2ccccc2)NC(=O)N(Cc2nnc(-c3cccc(Cl)c3)o2)C1=O. The number of carbonyl (C=O) groups is 2. The summed E-state index contributed by atoms with van der Waals surface area (Å²) >= 11 is 5.97. The zero-order valence-corrected chi connectivity index (χ0v) is 15.1. The Morgan fingerprint density at radius 2 is 1.89 bits per heavy atom. The number of nitrogens with zero attached hydrogens (tertiary/aromatic N) is 3. The molecule has 0 bridgehead atoms. The molecule has 0 radical (unpaired) electrons. The molecule has 2 aromatic carbocycles. The fourth-order valence-corrected chi connectivity index (χ4v) is 3.19. The van der Waals surface area contributed by atoms with Crippen LogP contribution in [-0.4, -0.2) is 27.0 Å². The number of hydrogen-bond acceptors (Lipinski definition) is 5. The van der Waals surface area contributed by atoms with Crippen LogP contribution in [0.2, 0.25) is 5.02 Å². The summed E-state index contributed by atoms with van der Waals surface area (Å²) in [5, 5.41) is 11.2. The molecule has 2 heterocycles. The molecule has 8 heteroatoms. The highest BCUT2D eigenvalue weighted by Gasteiger charge is 2.49. The van der Waals surface area contributed by atoms with Crippen molar-refractivity contribution in [3.05, 3.63) is 71.1 Å². The molecule has 27 heavy (non-hydrogen) atoms. The van der Waals surface area contributed by atoms with Crippen molar-refractivity contribution in [3.63, 3.8) is 0 Å². The van der Waals surface area contributed by atoms with E-state index in [0.717, 1.165) is 4.90 Å². The fraction of sp³-hybridized carbons (Fsp3) is 0.158. The molecule has 7 nitrogen and oxygen atoms in total. The van der Waals surface area contributed by atoms with Gasteiger partial charge >= 0.3 is 6.03 Å². The van der Waals surface area contributed by atoms with Gasteiger partial charge in [0, 0.05) is 10.6 Å². The van der Waals surface area contributed by atoms with Crippen LogP contribution in [-0.2, 0) is 16.9 Å². The van der Waals surface area contributed by atoms with Crippen LogP contribution in [0, 0.1) is 0 Å². The van der Waals surface area contributed by atoms with Crippen LogP contribution < -0.4 is 5.32 Å². The van der Waals surface area contributed by atoms with E-state index in [-0.39, 0.29) is 24.2 Å². The molecule has 1 N–H and O–H groups in total. The number of halogens is 1. The summed E-state index contributed by atoms with van der Waals surface area (Å²) in [6.07, 6.45) is 0. The Bertz CT molecular complexity index is 1020. The van der Waals surface area contributed by atoms with E-state index in [1.54, 1.807) is 43.3 Å². The van der Waals surface area contributed by atoms with Crippen molar-refractivity contribution in [3.8, 4) is 11.5 Å². The molecule has 1 aromatic heterocycles. The molecule has 1 saturated heterocycles. The Morgan fingerprint density at radius 1 is 1.11 bits per heavy atom. The van der Waals surface area contributed by atoms with Gasteiger partial charge in [-0.1, -0.05) is 48.0 Å². The van der Waals surface area contributed by atoms with Crippen molar-refractivity contribution in [2.45, 2.75) is 19.0 Å². The molecule has 0 saturated carbocycles. The van der Waals surface area contributed by atoms with Crippen LogP contribution in [0.5, 0.6) is 0 Å². The van der Waals surface area contributed by atoms with Crippen molar-refractivity contribution >= 4 is 23.5 Å². The van der Waals surface area contributed by atoms with Crippen LogP contribution in [0.15, 0.2) is 59.0 Å². The van der Waals surface area contributed by atoms with Gasteiger partial charge in [-0.05, 0) is 30.7 Å². The lowest BCUT2D eigenvalue weighted by Crippen LogP contribution is -2.40. The second-order valence-electron chi connectivity index (χ2n) is 6.32. The van der Waals surface area contributed by atoms with Crippen LogP contribution in [0.4, 0.5) is 4.79 Å². The Morgan fingerprint density at radius 3 is 2.63 bits per heavy atom. The van der Waals surface area contributed by atoms with E-state index in [9.17, 15) is 9.59 Å². The van der Waals surface area contributed by atoms with Crippen molar-refractivity contribution in [1.82, 2.24) is 20.4 Å². The molecule has 1 atom stereocenters. The number of urea groups is 1. The summed E-state index contributed by atoms with van der Waals surface area (Å²) in [7, 11) is 0. The van der Waals surface area contributed by atoms with Gasteiger partial charge in [-0.3, -0.25) is 9.69 Å². The first-order valence-electron chi connectivity index (χ1n) is 8.25. The third-order valence-electron chi connectivity index (χ3n) is 4.46. The van der Waals surface area contributed by atoms with Crippen molar-refractivity contribution < 1.29 is 14.0 Å². The van der Waals surface area contributed by atoms with Crippen LogP contribution in [0.3, 0.4) is 0 Å². The molecule has 136 valence electrons. The Kier molecular flexibility index (Phi) is 4.16. The third-order valence-corrected chi connectivity index (χ3v) is 4.69. The van der Waals surface area contributed by atoms with Gasteiger partial charge in [0.2, 0.25) is 11.8 Å². The Labute approximate surface area is 160 Å². The lowest BCUT2D eigenvalue weighted by molar-refractivity contribution is -0.131. The first kappa shape index (κ1) is 17.2. The Balaban J connectivity index is 1.57. The minimum atomic E-state index is -1.13. The van der Waals surface area contributed by atoms with Gasteiger partial charge in [0.1, 0.15) is 12.1 Å². The number of nitrogens with one attached hydrogen (secondary N) is 1. The molecule has 1 fully saturated rings. The smallest absolute Gasteiger partial charge is 0.325 e. The van der Waals surface area contributed by atoms with Gasteiger partial charge in [-0.2, -0.15) is 0 Å². The van der Waals surface area contributed by atoms with Crippen LogP contribution >= 0.6 is 11.6 Å². The van der Waals surface area contributed by atoms with E-state index in [1.807, 2.05) is 18.2 Å². The molecular weight excluding hydrogens is 368 g/mol. The van der Waals surface area contributed by atoms with Crippen molar-refractivity contribution in [2.24, 2.45) is 0 Å². The summed E-state index contributed by atoms with van der Waals surface area (Å²) in [6, 6.07) is 15.6. The standard InChI is InChI=1S/C19H15ClN4O3/c1-19(13-7-3-2-4-8-13)17(25)24(18(26)21-19)11-15-22-23-16(27-15)12-6-5-9-14(20)10-12/h2-10H,11H2,1H3,(H,21,26). The van der Waals surface area contributed by atoms with Gasteiger partial charge in [-0.15, -0.1) is 10.2 Å². The van der Waals surface area contributed by atoms with Crippen LogP contribution in [0.25, 0.3) is 11.5 Å². The van der Waals surface area contributed by atoms with E-state index < -0.39 is 11.6 Å². The van der Waals surface area contributed by atoms with Gasteiger partial charge in [0.05, 0.1) is 0 Å². The highest BCUT2D eigenvalue weighted by molar-refractivity contribution is 6.30. The summed E-state index contributed by atoms with van der Waals surface area (Å²) in [6.45, 7) is 1.56. The van der Waals surface area contributed by atoms with E-state index in [2.05, 4.69) is 15.5 Å². The molecule has 3 aromatic rings. The molecular formula is C19H15ClN4O3. The summed E-state index contributed by atoms with van der Waals surface area (Å²) in [5.41, 5.74) is 0.234. The predicted octanol–water partition coefficient (Wildman–Crippen LogP) is 3.36. The van der Waals surface area contributed by atoms with Gasteiger partial charge in [0.15, 0.2) is 0 Å². The minimum Gasteiger partial charge on any atom is -0.419 e. The second-order valence-corrected chi connectivity index (χ2v) is 6.76. The molecule has 4 rings (SSSR count). The number of amides is 3. The minimum absolute atomic E-state index is 0.110. The number of rotatable bonds is 4. The molecule has 0 spiro atoms. The highest BCUT2D eigenvalue weighted by atomic mass is 35.5. The fourth-order valence-electron chi connectivity index (χ4n) is 3.00. The number of hydrogen-bond donors (Lipinski definition) is 1. The van der Waals surface area contributed by atoms with Crippen molar-refractivity contribution in [1.29, 1.82) is 0 Å². The monoisotopic (exact) mass is 382 g/mol. The predicted molar refractivity (Wildman–Crippen MR) is 97.6 cm³/mol. The second kappa shape index (κ2) is 6.51. The zero-order valence-electron chi connectivity index (χ0n) is 14.3. The maximum atomic E-state index is 12.9. The molecule has 1 unspecified atom stereocenters. The number of aromatic nitrogens is 2. The van der Waals surface area contributed by atoms with Gasteiger partial charge < -0.3 is 9.73 Å². The lowest BCUT2D eigenvalue weighted by Gasteiger charge is -2.21. The third kappa shape index (κ3) is 3.06. The van der Waals surface area contributed by atoms with Crippen LogP contribution in [0.1, 0.15) is 18.4 Å². The first-order valence-corrected chi connectivity index (χ1v) is 8.63. The average Bonchev–Trinajstić information content (AvgIpc) is 3.22. The molecule has 0 aliphatic carbocycles. The largest absolute Gasteiger partial charge is 0.419 e. The zero-order chi connectivity index (χ0) is 19.0. The van der Waals surface area contributed by atoms with E-state index in [0.29, 0.717) is 16.1 Å². The van der Waals surface area contributed by atoms with Crippen molar-refractivity contribution in [2.75, 3.05) is 0 Å². The van der Waals surface area contributed by atoms with E-state index >= 15 is 0 Å². The van der Waals surface area contributed by atoms with Gasteiger partial charge in [0.25, 0.3) is 5.91 Å². The van der Waals surface area contributed by atoms with Gasteiger partial charge in [-0.25, -0.2) is 4.79 Å². The normalized spacial score (nSPS) is 19.4.